The summed E-state index contributed by atoms with van der Waals surface area (Å²) < 4.78 is 24.6. The van der Waals surface area contributed by atoms with Gasteiger partial charge in [-0.3, -0.25) is 4.52 Å². The number of phosphoric ester groups is 1. The van der Waals surface area contributed by atoms with Gasteiger partial charge >= 0.3 is 13.8 Å². The number of rotatable bonds is 7. The van der Waals surface area contributed by atoms with Crippen molar-refractivity contribution in [2.45, 2.75) is 13.2 Å². The van der Waals surface area contributed by atoms with Crippen molar-refractivity contribution in [2.75, 3.05) is 11.9 Å². The molecule has 0 heterocycles. The first-order chi connectivity index (χ1) is 6.91. The summed E-state index contributed by atoms with van der Waals surface area (Å²) in [6.45, 7) is 4.46. The second-order valence-corrected chi connectivity index (χ2v) is 4.50. The molecule has 0 aliphatic rings. The van der Waals surface area contributed by atoms with Gasteiger partial charge in [0.2, 0.25) is 6.29 Å². The Bertz CT molecular complexity index is 268. The molecule has 1 N–H and O–H groups in total. The maximum atomic E-state index is 11.1. The second kappa shape index (κ2) is 7.14. The lowest BCUT2D eigenvalue weighted by Crippen LogP contribution is -2.16. The van der Waals surface area contributed by atoms with Gasteiger partial charge < -0.3 is 9.63 Å². The molecule has 2 unspecified atom stereocenters. The van der Waals surface area contributed by atoms with E-state index in [0.29, 0.717) is 5.33 Å². The average molecular weight is 303 g/mol. The highest BCUT2D eigenvalue weighted by atomic mass is 79.9. The van der Waals surface area contributed by atoms with Gasteiger partial charge in [0.05, 0.1) is 6.61 Å². The van der Waals surface area contributed by atoms with E-state index in [0.717, 1.165) is 6.08 Å². The Morgan fingerprint density at radius 1 is 1.73 bits per heavy atom. The Balaban J connectivity index is 4.03. The number of ether oxygens (including phenoxy) is 1. The summed E-state index contributed by atoms with van der Waals surface area (Å²) in [5, 5.41) is 0.391. The first-order valence-electron chi connectivity index (χ1n) is 3.96. The maximum absolute atomic E-state index is 11.1. The normalized spacial score (nSPS) is 16.5. The fraction of sp³-hybridized carbons (Fsp3) is 0.571. The highest BCUT2D eigenvalue weighted by molar-refractivity contribution is 9.09. The number of hydrogen-bond donors (Lipinski definition) is 1. The lowest BCUT2D eigenvalue weighted by Gasteiger charge is -2.16. The van der Waals surface area contributed by atoms with Crippen molar-refractivity contribution in [3.63, 3.8) is 0 Å². The fourth-order valence-corrected chi connectivity index (χ4v) is 1.81. The van der Waals surface area contributed by atoms with Crippen LogP contribution in [-0.4, -0.2) is 29.1 Å². The van der Waals surface area contributed by atoms with Gasteiger partial charge in [0.1, 0.15) is 0 Å². The molecule has 0 fully saturated rings. The third-order valence-corrected chi connectivity index (χ3v) is 2.46. The number of carbonyl (C=O) groups is 1. The van der Waals surface area contributed by atoms with Crippen LogP contribution in [0.4, 0.5) is 0 Å². The van der Waals surface area contributed by atoms with Crippen molar-refractivity contribution >= 4 is 29.7 Å². The van der Waals surface area contributed by atoms with Crippen LogP contribution in [0, 0.1) is 0 Å². The lowest BCUT2D eigenvalue weighted by molar-refractivity contribution is -0.156. The molecular weight excluding hydrogens is 291 g/mol. The molecule has 0 radical (unpaired) electrons. The first-order valence-corrected chi connectivity index (χ1v) is 6.57. The van der Waals surface area contributed by atoms with E-state index in [1.165, 1.54) is 6.92 Å². The van der Waals surface area contributed by atoms with Crippen molar-refractivity contribution in [1.29, 1.82) is 0 Å². The predicted molar refractivity (Wildman–Crippen MR) is 56.4 cm³/mol. The van der Waals surface area contributed by atoms with Gasteiger partial charge in [0, 0.05) is 11.4 Å². The standard InChI is InChI=1S/C7H12BrO6P/c1-3-7(9)13-6(2)14-15(10,11)12-5-4-8/h3,6H,1,4-5H2,2H3,(H,10,11). The Kier molecular flexibility index (Phi) is 7.04. The van der Waals surface area contributed by atoms with Gasteiger partial charge in [0.25, 0.3) is 0 Å². The summed E-state index contributed by atoms with van der Waals surface area (Å²) in [7, 11) is -4.17. The van der Waals surface area contributed by atoms with Crippen LogP contribution >= 0.6 is 23.8 Å². The second-order valence-electron chi connectivity index (χ2n) is 2.30. The summed E-state index contributed by atoms with van der Waals surface area (Å²) in [5.41, 5.74) is 0. The molecule has 0 amide bonds. The molecule has 2 atom stereocenters. The molecule has 6 nitrogen and oxygen atoms in total. The quantitative estimate of drug-likeness (QED) is 0.253. The van der Waals surface area contributed by atoms with Crippen LogP contribution in [-0.2, 0) is 23.1 Å². The van der Waals surface area contributed by atoms with E-state index in [1.807, 2.05) is 0 Å². The van der Waals surface area contributed by atoms with Crippen molar-refractivity contribution < 1.29 is 28.0 Å². The monoisotopic (exact) mass is 302 g/mol. The summed E-state index contributed by atoms with van der Waals surface area (Å²) in [6, 6.07) is 0. The molecule has 0 saturated heterocycles. The molecule has 0 aliphatic heterocycles. The van der Waals surface area contributed by atoms with E-state index >= 15 is 0 Å². The number of phosphoric acid groups is 1. The molecule has 0 aromatic heterocycles. The van der Waals surface area contributed by atoms with E-state index in [1.54, 1.807) is 0 Å². The van der Waals surface area contributed by atoms with Gasteiger partial charge in [-0.05, 0) is 6.92 Å². The molecule has 0 spiro atoms. The molecular formula is C7H12BrO6P. The van der Waals surface area contributed by atoms with Crippen LogP contribution in [0.25, 0.3) is 0 Å². The van der Waals surface area contributed by atoms with Crippen molar-refractivity contribution in [2.24, 2.45) is 0 Å². The van der Waals surface area contributed by atoms with Gasteiger partial charge in [-0.25, -0.2) is 13.9 Å². The largest absolute Gasteiger partial charge is 0.475 e. The topological polar surface area (TPSA) is 82.1 Å². The highest BCUT2D eigenvalue weighted by Gasteiger charge is 2.25. The van der Waals surface area contributed by atoms with E-state index in [2.05, 4.69) is 36.3 Å². The zero-order valence-electron chi connectivity index (χ0n) is 8.09. The van der Waals surface area contributed by atoms with Crippen molar-refractivity contribution in [1.82, 2.24) is 0 Å². The van der Waals surface area contributed by atoms with Crippen molar-refractivity contribution in [3.05, 3.63) is 12.7 Å². The summed E-state index contributed by atoms with van der Waals surface area (Å²) >= 11 is 3.01. The van der Waals surface area contributed by atoms with Gasteiger partial charge in [0.15, 0.2) is 0 Å². The van der Waals surface area contributed by atoms with Crippen LogP contribution < -0.4 is 0 Å². The molecule has 8 heteroatoms. The van der Waals surface area contributed by atoms with Crippen molar-refractivity contribution in [3.8, 4) is 0 Å². The van der Waals surface area contributed by atoms with E-state index in [9.17, 15) is 9.36 Å². The number of halogens is 1. The van der Waals surface area contributed by atoms with Crippen LogP contribution in [0.5, 0.6) is 0 Å². The average Bonchev–Trinajstić information content (AvgIpc) is 2.13. The fourth-order valence-electron chi connectivity index (χ4n) is 0.601. The molecule has 0 aliphatic carbocycles. The van der Waals surface area contributed by atoms with Gasteiger partial charge in [-0.2, -0.15) is 0 Å². The maximum Gasteiger partial charge on any atom is 0.475 e. The Hall–Kier alpha value is -0.200. The summed E-state index contributed by atoms with van der Waals surface area (Å²) in [4.78, 5) is 19.8. The predicted octanol–water partition coefficient (Wildman–Crippen LogP) is 1.59. The van der Waals surface area contributed by atoms with Crippen LogP contribution in [0.3, 0.4) is 0 Å². The van der Waals surface area contributed by atoms with Gasteiger partial charge in [-0.15, -0.1) is 0 Å². The Morgan fingerprint density at radius 2 is 2.33 bits per heavy atom. The molecule has 0 aromatic rings. The van der Waals surface area contributed by atoms with E-state index in [-0.39, 0.29) is 6.61 Å². The third-order valence-electron chi connectivity index (χ3n) is 1.06. The lowest BCUT2D eigenvalue weighted by atomic mass is 10.6. The van der Waals surface area contributed by atoms with Crippen LogP contribution in [0.1, 0.15) is 6.92 Å². The molecule has 0 rings (SSSR count). The Morgan fingerprint density at radius 3 is 2.80 bits per heavy atom. The van der Waals surface area contributed by atoms with E-state index < -0.39 is 20.1 Å². The molecule has 88 valence electrons. The molecule has 0 aromatic carbocycles. The number of esters is 1. The minimum Gasteiger partial charge on any atom is -0.432 e. The van der Waals surface area contributed by atoms with E-state index in [4.69, 9.17) is 4.89 Å². The smallest absolute Gasteiger partial charge is 0.432 e. The number of carbonyl (C=O) groups excluding carboxylic acids is 1. The minimum atomic E-state index is -4.17. The van der Waals surface area contributed by atoms with Crippen LogP contribution in [0.2, 0.25) is 0 Å². The van der Waals surface area contributed by atoms with Crippen LogP contribution in [0.15, 0.2) is 12.7 Å². The first kappa shape index (κ1) is 14.8. The highest BCUT2D eigenvalue weighted by Crippen LogP contribution is 2.44. The molecule has 0 saturated carbocycles. The number of alkyl halides is 1. The summed E-state index contributed by atoms with van der Waals surface area (Å²) in [5.74, 6) is -0.747. The molecule has 15 heavy (non-hydrogen) atoms. The zero-order valence-corrected chi connectivity index (χ0v) is 10.6. The third kappa shape index (κ3) is 7.70. The zero-order chi connectivity index (χ0) is 11.9. The van der Waals surface area contributed by atoms with Gasteiger partial charge in [-0.1, -0.05) is 22.5 Å². The minimum absolute atomic E-state index is 0.00982. The SMILES string of the molecule is C=CC(=O)OC(C)OP(=O)(O)OCCBr. The number of hydrogen-bond acceptors (Lipinski definition) is 5. The summed E-state index contributed by atoms with van der Waals surface area (Å²) in [6.07, 6.45) is -0.261. The molecule has 0 bridgehead atoms. The Labute approximate surface area is 96.0 Å².